The summed E-state index contributed by atoms with van der Waals surface area (Å²) in [4.78, 5) is 4.56. The van der Waals surface area contributed by atoms with Crippen molar-refractivity contribution in [2.75, 3.05) is 6.54 Å². The molecule has 0 spiro atoms. The molecule has 0 fully saturated rings. The number of nitrogens with zero attached hydrogens (tertiary/aromatic N) is 1. The van der Waals surface area contributed by atoms with E-state index >= 15 is 0 Å². The number of aromatic nitrogens is 1. The zero-order valence-corrected chi connectivity index (χ0v) is 9.40. The number of hydrogen-bond acceptors (Lipinski definition) is 4. The largest absolute Gasteiger partial charge is 0.330 e. The van der Waals surface area contributed by atoms with Crippen molar-refractivity contribution in [1.82, 2.24) is 4.98 Å². The lowest BCUT2D eigenvalue weighted by Gasteiger charge is -1.92. The van der Waals surface area contributed by atoms with Crippen molar-refractivity contribution in [3.8, 4) is 10.6 Å². The Kier molecular flexibility index (Phi) is 3.29. The van der Waals surface area contributed by atoms with Crippen molar-refractivity contribution in [2.45, 2.75) is 12.8 Å². The standard InChI is InChI=1S/C10H12N2S2/c11-4-1-2-9-7-14-10(12-9)8-3-5-13-6-8/h3,5-7H,1-2,4,11H2. The van der Waals surface area contributed by atoms with Crippen molar-refractivity contribution in [1.29, 1.82) is 0 Å². The Bertz CT molecular complexity index is 378. The fraction of sp³-hybridized carbons (Fsp3) is 0.300. The Balaban J connectivity index is 2.10. The second kappa shape index (κ2) is 4.68. The maximum Gasteiger partial charge on any atom is 0.124 e. The summed E-state index contributed by atoms with van der Waals surface area (Å²) in [6.07, 6.45) is 2.02. The van der Waals surface area contributed by atoms with E-state index in [1.807, 2.05) is 0 Å². The first-order valence-corrected chi connectivity index (χ1v) is 6.39. The van der Waals surface area contributed by atoms with Gasteiger partial charge in [-0.2, -0.15) is 11.3 Å². The predicted molar refractivity (Wildman–Crippen MR) is 62.8 cm³/mol. The molecular weight excluding hydrogens is 212 g/mol. The number of thiazole rings is 1. The Morgan fingerprint density at radius 3 is 3.00 bits per heavy atom. The molecule has 4 heteroatoms. The monoisotopic (exact) mass is 224 g/mol. The molecule has 74 valence electrons. The molecule has 0 amide bonds. The van der Waals surface area contributed by atoms with E-state index < -0.39 is 0 Å². The lowest BCUT2D eigenvalue weighted by atomic mass is 10.2. The molecule has 0 aliphatic carbocycles. The molecule has 2 aromatic heterocycles. The summed E-state index contributed by atoms with van der Waals surface area (Å²) in [5.74, 6) is 0. The highest BCUT2D eigenvalue weighted by molar-refractivity contribution is 7.14. The average molecular weight is 224 g/mol. The number of aryl methyl sites for hydroxylation is 1. The molecule has 2 aromatic rings. The molecule has 0 unspecified atom stereocenters. The minimum absolute atomic E-state index is 0.741. The number of nitrogens with two attached hydrogens (primary N) is 1. The van der Waals surface area contributed by atoms with E-state index in [0.29, 0.717) is 0 Å². The molecule has 14 heavy (non-hydrogen) atoms. The van der Waals surface area contributed by atoms with Crippen molar-refractivity contribution in [3.63, 3.8) is 0 Å². The Hall–Kier alpha value is -0.710. The van der Waals surface area contributed by atoms with Gasteiger partial charge in [-0.1, -0.05) is 0 Å². The highest BCUT2D eigenvalue weighted by atomic mass is 32.1. The molecule has 0 saturated heterocycles. The molecule has 2 nitrogen and oxygen atoms in total. The van der Waals surface area contributed by atoms with E-state index in [-0.39, 0.29) is 0 Å². The Morgan fingerprint density at radius 2 is 2.29 bits per heavy atom. The number of thiophene rings is 1. The summed E-state index contributed by atoms with van der Waals surface area (Å²) in [6.45, 7) is 0.741. The Labute approximate surface area is 91.4 Å². The van der Waals surface area contributed by atoms with Crippen LogP contribution in [0.2, 0.25) is 0 Å². The smallest absolute Gasteiger partial charge is 0.124 e. The van der Waals surface area contributed by atoms with E-state index in [2.05, 4.69) is 27.2 Å². The minimum Gasteiger partial charge on any atom is -0.330 e. The van der Waals surface area contributed by atoms with Crippen molar-refractivity contribution in [3.05, 3.63) is 27.9 Å². The quantitative estimate of drug-likeness (QED) is 0.867. The van der Waals surface area contributed by atoms with Crippen LogP contribution < -0.4 is 5.73 Å². The highest BCUT2D eigenvalue weighted by Crippen LogP contribution is 2.25. The lowest BCUT2D eigenvalue weighted by molar-refractivity contribution is 0.816. The van der Waals surface area contributed by atoms with Crippen LogP contribution in [0.5, 0.6) is 0 Å². The van der Waals surface area contributed by atoms with Crippen LogP contribution in [-0.2, 0) is 6.42 Å². The maximum atomic E-state index is 5.46. The summed E-state index contributed by atoms with van der Waals surface area (Å²) in [7, 11) is 0. The minimum atomic E-state index is 0.741. The molecule has 0 atom stereocenters. The third kappa shape index (κ3) is 2.20. The van der Waals surface area contributed by atoms with Gasteiger partial charge in [-0.15, -0.1) is 11.3 Å². The topological polar surface area (TPSA) is 38.9 Å². The van der Waals surface area contributed by atoms with Crippen LogP contribution in [0.3, 0.4) is 0 Å². The SMILES string of the molecule is NCCCc1csc(-c2ccsc2)n1. The van der Waals surface area contributed by atoms with Crippen LogP contribution in [0.15, 0.2) is 22.2 Å². The molecular formula is C10H12N2S2. The average Bonchev–Trinajstić information content (AvgIpc) is 2.85. The summed E-state index contributed by atoms with van der Waals surface area (Å²) in [5, 5.41) is 7.46. The predicted octanol–water partition coefficient (Wildman–Crippen LogP) is 2.76. The molecule has 0 aromatic carbocycles. The molecule has 2 N–H and O–H groups in total. The van der Waals surface area contributed by atoms with E-state index in [9.17, 15) is 0 Å². The second-order valence-electron chi connectivity index (χ2n) is 3.05. The number of hydrogen-bond donors (Lipinski definition) is 1. The maximum absolute atomic E-state index is 5.46. The van der Waals surface area contributed by atoms with Gasteiger partial charge >= 0.3 is 0 Å². The first-order valence-electron chi connectivity index (χ1n) is 4.57. The van der Waals surface area contributed by atoms with Crippen molar-refractivity contribution >= 4 is 22.7 Å². The van der Waals surface area contributed by atoms with Gasteiger partial charge in [0.05, 0.1) is 5.69 Å². The fourth-order valence-electron chi connectivity index (χ4n) is 1.22. The van der Waals surface area contributed by atoms with Crippen molar-refractivity contribution < 1.29 is 0 Å². The van der Waals surface area contributed by atoms with Crippen LogP contribution >= 0.6 is 22.7 Å². The van der Waals surface area contributed by atoms with Gasteiger partial charge in [0.25, 0.3) is 0 Å². The molecule has 0 aliphatic heterocycles. The van der Waals surface area contributed by atoms with Crippen LogP contribution in [0.25, 0.3) is 10.6 Å². The molecule has 0 saturated carbocycles. The summed E-state index contributed by atoms with van der Waals surface area (Å²) in [6, 6.07) is 2.11. The van der Waals surface area contributed by atoms with E-state index in [0.717, 1.165) is 24.4 Å². The van der Waals surface area contributed by atoms with E-state index in [1.165, 1.54) is 11.3 Å². The third-order valence-electron chi connectivity index (χ3n) is 1.96. The van der Waals surface area contributed by atoms with Gasteiger partial charge < -0.3 is 5.73 Å². The van der Waals surface area contributed by atoms with E-state index in [4.69, 9.17) is 5.73 Å². The lowest BCUT2D eigenvalue weighted by Crippen LogP contribution is -2.00. The van der Waals surface area contributed by atoms with Crippen LogP contribution in [0, 0.1) is 0 Å². The molecule has 2 rings (SSSR count). The van der Waals surface area contributed by atoms with Gasteiger partial charge in [0, 0.05) is 16.3 Å². The highest BCUT2D eigenvalue weighted by Gasteiger charge is 2.04. The fourth-order valence-corrected chi connectivity index (χ4v) is 2.79. The van der Waals surface area contributed by atoms with Crippen LogP contribution in [-0.4, -0.2) is 11.5 Å². The first kappa shape index (κ1) is 9.83. The van der Waals surface area contributed by atoms with E-state index in [1.54, 1.807) is 22.7 Å². The first-order chi connectivity index (χ1) is 6.90. The van der Waals surface area contributed by atoms with Gasteiger partial charge in [-0.3, -0.25) is 0 Å². The van der Waals surface area contributed by atoms with Crippen LogP contribution in [0.4, 0.5) is 0 Å². The Morgan fingerprint density at radius 1 is 1.36 bits per heavy atom. The molecule has 0 aliphatic rings. The number of rotatable bonds is 4. The zero-order valence-electron chi connectivity index (χ0n) is 7.77. The molecule has 2 heterocycles. The normalized spacial score (nSPS) is 10.6. The zero-order chi connectivity index (χ0) is 9.80. The van der Waals surface area contributed by atoms with Gasteiger partial charge in [-0.25, -0.2) is 4.98 Å². The van der Waals surface area contributed by atoms with Gasteiger partial charge in [0.2, 0.25) is 0 Å². The van der Waals surface area contributed by atoms with Gasteiger partial charge in [0.1, 0.15) is 5.01 Å². The second-order valence-corrected chi connectivity index (χ2v) is 4.69. The van der Waals surface area contributed by atoms with Crippen LogP contribution in [0.1, 0.15) is 12.1 Å². The summed E-state index contributed by atoms with van der Waals surface area (Å²) >= 11 is 3.42. The molecule has 0 radical (unpaired) electrons. The summed E-state index contributed by atoms with van der Waals surface area (Å²) < 4.78 is 0. The third-order valence-corrected chi connectivity index (χ3v) is 3.58. The molecule has 0 bridgehead atoms. The van der Waals surface area contributed by atoms with Gasteiger partial charge in [-0.05, 0) is 30.8 Å². The summed E-state index contributed by atoms with van der Waals surface area (Å²) in [5.41, 5.74) is 7.86. The van der Waals surface area contributed by atoms with Crippen molar-refractivity contribution in [2.24, 2.45) is 5.73 Å². The van der Waals surface area contributed by atoms with Gasteiger partial charge in [0.15, 0.2) is 0 Å².